The van der Waals surface area contributed by atoms with Crippen LogP contribution < -0.4 is 15.1 Å². The maximum Gasteiger partial charge on any atom is 0.418 e. The number of hydrogen-bond donors (Lipinski definition) is 1. The Morgan fingerprint density at radius 2 is 1.87 bits per heavy atom. The van der Waals surface area contributed by atoms with Gasteiger partial charge in [-0.3, -0.25) is 19.5 Å². The van der Waals surface area contributed by atoms with Crippen LogP contribution in [0.2, 0.25) is 0 Å². The van der Waals surface area contributed by atoms with Crippen molar-refractivity contribution in [3.63, 3.8) is 0 Å². The van der Waals surface area contributed by atoms with Gasteiger partial charge in [-0.25, -0.2) is 4.39 Å². The van der Waals surface area contributed by atoms with Gasteiger partial charge in [0.25, 0.3) is 11.8 Å². The number of thiocarbonyl (C=S) groups is 1. The number of benzene rings is 1. The minimum atomic E-state index is -4.65. The van der Waals surface area contributed by atoms with E-state index in [1.807, 2.05) is 0 Å². The van der Waals surface area contributed by atoms with Crippen molar-refractivity contribution in [1.29, 1.82) is 0 Å². The standard InChI is InChI=1S/C27H29F4N5O2S/c1-16-21(27(29,30)31)12-19(15-32-16)35-24(38)26(8-3-9-26)36(25(35)39)18-4-5-20(22(28)13-18)23(37)33-14-17-6-10-34(2)11-7-17/h4-5,12-13,15,17H,3,6-11,14H2,1-2H3,(H,33,37). The highest BCUT2D eigenvalue weighted by atomic mass is 32.1. The van der Waals surface area contributed by atoms with Crippen LogP contribution in [-0.2, 0) is 11.0 Å². The largest absolute Gasteiger partial charge is 0.418 e. The van der Waals surface area contributed by atoms with Crippen LogP contribution in [0.4, 0.5) is 28.9 Å². The fourth-order valence-corrected chi connectivity index (χ4v) is 6.03. The summed E-state index contributed by atoms with van der Waals surface area (Å²) < 4.78 is 55.9. The van der Waals surface area contributed by atoms with Gasteiger partial charge < -0.3 is 15.1 Å². The number of likely N-dealkylation sites (tertiary alicyclic amines) is 1. The minimum absolute atomic E-state index is 0.0580. The summed E-state index contributed by atoms with van der Waals surface area (Å²) in [5, 5.41) is 2.76. The zero-order valence-electron chi connectivity index (χ0n) is 21.6. The summed E-state index contributed by atoms with van der Waals surface area (Å²) in [5.41, 5.74) is -2.26. The fraction of sp³-hybridized carbons (Fsp3) is 0.481. The predicted octanol–water partition coefficient (Wildman–Crippen LogP) is 4.68. The Balaban J connectivity index is 1.39. The van der Waals surface area contributed by atoms with Gasteiger partial charge in [-0.1, -0.05) is 0 Å². The molecule has 1 aromatic heterocycles. The van der Waals surface area contributed by atoms with Crippen molar-refractivity contribution in [2.24, 2.45) is 5.92 Å². The number of halogens is 4. The maximum absolute atomic E-state index is 15.2. The van der Waals surface area contributed by atoms with Crippen LogP contribution in [0.5, 0.6) is 0 Å². The summed E-state index contributed by atoms with van der Waals surface area (Å²) in [7, 11) is 2.05. The molecule has 1 aliphatic carbocycles. The Bertz CT molecular complexity index is 1320. The Morgan fingerprint density at radius 1 is 1.18 bits per heavy atom. The highest BCUT2D eigenvalue weighted by Gasteiger charge is 2.59. The van der Waals surface area contributed by atoms with Crippen LogP contribution in [0, 0.1) is 18.7 Å². The molecule has 39 heavy (non-hydrogen) atoms. The van der Waals surface area contributed by atoms with E-state index in [1.165, 1.54) is 30.2 Å². The molecule has 2 aliphatic heterocycles. The van der Waals surface area contributed by atoms with Crippen molar-refractivity contribution in [2.75, 3.05) is 36.5 Å². The molecule has 0 unspecified atom stereocenters. The predicted molar refractivity (Wildman–Crippen MR) is 142 cm³/mol. The number of aryl methyl sites for hydroxylation is 1. The summed E-state index contributed by atoms with van der Waals surface area (Å²) in [6, 6.07) is 4.89. The second kappa shape index (κ2) is 10.1. The van der Waals surface area contributed by atoms with E-state index < -0.39 is 34.9 Å². The number of aromatic nitrogens is 1. The fourth-order valence-electron chi connectivity index (χ4n) is 5.57. The lowest BCUT2D eigenvalue weighted by atomic mass is 9.75. The summed E-state index contributed by atoms with van der Waals surface area (Å²) in [6.45, 7) is 3.60. The molecule has 208 valence electrons. The molecule has 3 heterocycles. The number of carbonyl (C=O) groups is 2. The molecule has 1 N–H and O–H groups in total. The van der Waals surface area contributed by atoms with E-state index in [4.69, 9.17) is 12.2 Å². The third-order valence-corrected chi connectivity index (χ3v) is 8.44. The van der Waals surface area contributed by atoms with Crippen molar-refractivity contribution >= 4 is 40.5 Å². The first kappa shape index (κ1) is 27.4. The van der Waals surface area contributed by atoms with E-state index in [0.29, 0.717) is 31.7 Å². The van der Waals surface area contributed by atoms with Gasteiger partial charge in [-0.2, -0.15) is 13.2 Å². The van der Waals surface area contributed by atoms with Gasteiger partial charge in [-0.05, 0) is 102 Å². The maximum atomic E-state index is 15.2. The van der Waals surface area contributed by atoms with Crippen LogP contribution in [0.15, 0.2) is 30.5 Å². The van der Waals surface area contributed by atoms with Gasteiger partial charge in [0, 0.05) is 17.9 Å². The number of nitrogens with one attached hydrogen (secondary N) is 1. The average molecular weight is 564 g/mol. The first-order chi connectivity index (χ1) is 18.4. The van der Waals surface area contributed by atoms with E-state index in [9.17, 15) is 22.8 Å². The molecule has 2 saturated heterocycles. The average Bonchev–Trinajstić information content (AvgIpc) is 3.10. The van der Waals surface area contributed by atoms with Crippen molar-refractivity contribution in [2.45, 2.75) is 50.7 Å². The lowest BCUT2D eigenvalue weighted by Crippen LogP contribution is -2.55. The number of piperidine rings is 1. The number of nitrogens with zero attached hydrogens (tertiary/aromatic N) is 4. The summed E-state index contributed by atoms with van der Waals surface area (Å²) in [6.07, 6.45) is -0.0290. The van der Waals surface area contributed by atoms with Crippen LogP contribution in [-0.4, -0.2) is 59.0 Å². The lowest BCUT2D eigenvalue weighted by Gasteiger charge is -2.43. The molecule has 7 nitrogen and oxygen atoms in total. The number of pyridine rings is 1. The van der Waals surface area contributed by atoms with Gasteiger partial charge in [0.1, 0.15) is 11.4 Å². The molecule has 2 aromatic rings. The SMILES string of the molecule is Cc1ncc(N2C(=O)C3(CCC3)N(c3ccc(C(=O)NCC4CCN(C)CC4)c(F)c3)C2=S)cc1C(F)(F)F. The van der Waals surface area contributed by atoms with Crippen LogP contribution in [0.3, 0.4) is 0 Å². The normalized spacial score (nSPS) is 20.1. The smallest absolute Gasteiger partial charge is 0.352 e. The molecular formula is C27H29F4N5O2S. The summed E-state index contributed by atoms with van der Waals surface area (Å²) in [5.74, 6) is -1.44. The van der Waals surface area contributed by atoms with Crippen LogP contribution in [0.25, 0.3) is 0 Å². The number of rotatable bonds is 5. The third-order valence-electron chi connectivity index (χ3n) is 8.07. The first-order valence-corrected chi connectivity index (χ1v) is 13.3. The number of hydrogen-bond acceptors (Lipinski definition) is 5. The van der Waals surface area contributed by atoms with Crippen molar-refractivity contribution in [3.8, 4) is 0 Å². The Morgan fingerprint density at radius 3 is 2.46 bits per heavy atom. The van der Waals surface area contributed by atoms with Crippen LogP contribution in [0.1, 0.15) is 53.7 Å². The quantitative estimate of drug-likeness (QED) is 0.421. The van der Waals surface area contributed by atoms with E-state index in [1.54, 1.807) is 0 Å². The number of carbonyl (C=O) groups excluding carboxylic acids is 2. The first-order valence-electron chi connectivity index (χ1n) is 12.9. The van der Waals surface area contributed by atoms with Crippen molar-refractivity contribution in [1.82, 2.24) is 15.2 Å². The van der Waals surface area contributed by atoms with E-state index in [0.717, 1.165) is 43.0 Å². The molecule has 3 aliphatic rings. The molecular weight excluding hydrogens is 534 g/mol. The highest BCUT2D eigenvalue weighted by molar-refractivity contribution is 7.81. The van der Waals surface area contributed by atoms with E-state index in [-0.39, 0.29) is 27.7 Å². The molecule has 0 atom stereocenters. The zero-order chi connectivity index (χ0) is 28.1. The van der Waals surface area contributed by atoms with Gasteiger partial charge in [0.2, 0.25) is 0 Å². The topological polar surface area (TPSA) is 68.8 Å². The van der Waals surface area contributed by atoms with Crippen LogP contribution >= 0.6 is 12.2 Å². The monoisotopic (exact) mass is 563 g/mol. The van der Waals surface area contributed by atoms with Crippen molar-refractivity contribution in [3.05, 3.63) is 53.1 Å². The second-order valence-electron chi connectivity index (χ2n) is 10.6. The molecule has 0 bridgehead atoms. The molecule has 5 rings (SSSR count). The molecule has 3 fully saturated rings. The summed E-state index contributed by atoms with van der Waals surface area (Å²) >= 11 is 5.59. The third kappa shape index (κ3) is 4.88. The Hall–Kier alpha value is -3.12. The number of alkyl halides is 3. The highest BCUT2D eigenvalue weighted by Crippen LogP contribution is 2.48. The van der Waals surface area contributed by atoms with Gasteiger partial charge in [0.05, 0.1) is 23.0 Å². The number of anilines is 2. The molecule has 2 amide bonds. The second-order valence-corrected chi connectivity index (χ2v) is 11.0. The molecule has 1 aromatic carbocycles. The van der Waals surface area contributed by atoms with Gasteiger partial charge in [-0.15, -0.1) is 0 Å². The van der Waals surface area contributed by atoms with Crippen molar-refractivity contribution < 1.29 is 27.2 Å². The Kier molecular flexibility index (Phi) is 7.13. The zero-order valence-corrected chi connectivity index (χ0v) is 22.5. The molecule has 0 radical (unpaired) electrons. The minimum Gasteiger partial charge on any atom is -0.352 e. The van der Waals surface area contributed by atoms with Gasteiger partial charge in [0.15, 0.2) is 5.11 Å². The summed E-state index contributed by atoms with van der Waals surface area (Å²) in [4.78, 5) is 35.0. The molecule has 12 heteroatoms. The molecule has 1 saturated carbocycles. The lowest BCUT2D eigenvalue weighted by molar-refractivity contribution is -0.138. The van der Waals surface area contributed by atoms with E-state index in [2.05, 4.69) is 22.2 Å². The number of amides is 2. The Labute approximate surface area is 229 Å². The molecule has 1 spiro atoms. The van der Waals surface area contributed by atoms with Gasteiger partial charge >= 0.3 is 6.18 Å². The van der Waals surface area contributed by atoms with E-state index >= 15 is 4.39 Å².